The Morgan fingerprint density at radius 3 is 3.00 bits per heavy atom. The van der Waals surface area contributed by atoms with Crippen LogP contribution in [0.15, 0.2) is 17.3 Å². The van der Waals surface area contributed by atoms with Crippen LogP contribution in [0.3, 0.4) is 0 Å². The fourth-order valence-electron chi connectivity index (χ4n) is 0.809. The maximum atomic E-state index is 5.15. The molecule has 0 aromatic rings. The highest BCUT2D eigenvalue weighted by molar-refractivity contribution is 5.95. The van der Waals surface area contributed by atoms with E-state index in [4.69, 9.17) is 5.73 Å². The van der Waals surface area contributed by atoms with Gasteiger partial charge in [-0.25, -0.2) is 0 Å². The lowest BCUT2D eigenvalue weighted by Crippen LogP contribution is -1.87. The molecule has 0 atom stereocenters. The second-order valence-electron chi connectivity index (χ2n) is 1.84. The average molecular weight is 110 g/mol. The topological polar surface area (TPSA) is 38.4 Å². The molecule has 0 fully saturated rings. The Hall–Kier alpha value is -0.790. The molecule has 0 spiro atoms. The van der Waals surface area contributed by atoms with Gasteiger partial charge < -0.3 is 5.73 Å². The Morgan fingerprint density at radius 1 is 1.62 bits per heavy atom. The molecule has 8 heavy (non-hydrogen) atoms. The highest BCUT2D eigenvalue weighted by Gasteiger charge is 1.99. The van der Waals surface area contributed by atoms with Gasteiger partial charge in [-0.3, -0.25) is 4.99 Å². The Kier molecular flexibility index (Phi) is 1.67. The van der Waals surface area contributed by atoms with E-state index in [2.05, 4.69) is 4.99 Å². The molecule has 0 amide bonds. The summed E-state index contributed by atoms with van der Waals surface area (Å²) in [6.07, 6.45) is 5.71. The zero-order valence-electron chi connectivity index (χ0n) is 4.80. The first-order chi connectivity index (χ1) is 3.93. The maximum Gasteiger partial charge on any atom is 0.0396 e. The number of aliphatic imine (C=N–C) groups is 1. The van der Waals surface area contributed by atoms with Crippen molar-refractivity contribution in [3.63, 3.8) is 0 Å². The lowest BCUT2D eigenvalue weighted by Gasteiger charge is -1.82. The smallest absolute Gasteiger partial charge is 0.0396 e. The van der Waals surface area contributed by atoms with E-state index >= 15 is 0 Å². The van der Waals surface area contributed by atoms with Crippen molar-refractivity contribution >= 4 is 5.71 Å². The molecule has 2 N–H and O–H groups in total. The van der Waals surface area contributed by atoms with E-state index in [0.29, 0.717) is 0 Å². The largest absolute Gasteiger partial charge is 0.405 e. The number of nitrogens with zero attached hydrogens (tertiary/aromatic N) is 1. The van der Waals surface area contributed by atoms with E-state index in [-0.39, 0.29) is 0 Å². The average Bonchev–Trinajstić information content (AvgIpc) is 2.19. The van der Waals surface area contributed by atoms with E-state index in [1.807, 2.05) is 6.08 Å². The van der Waals surface area contributed by atoms with E-state index in [0.717, 1.165) is 18.7 Å². The zero-order valence-corrected chi connectivity index (χ0v) is 4.80. The third-order valence-electron chi connectivity index (χ3n) is 1.19. The molecule has 0 saturated heterocycles. The number of rotatable bonds is 1. The van der Waals surface area contributed by atoms with Crippen molar-refractivity contribution in [2.24, 2.45) is 10.7 Å². The molecule has 1 aliphatic rings. The molecule has 1 rings (SSSR count). The Bertz CT molecular complexity index is 124. The number of nitrogens with two attached hydrogens (primary N) is 1. The van der Waals surface area contributed by atoms with Gasteiger partial charge in [0, 0.05) is 12.3 Å². The van der Waals surface area contributed by atoms with Crippen LogP contribution in [0.5, 0.6) is 0 Å². The minimum absolute atomic E-state index is 0.986. The van der Waals surface area contributed by atoms with Crippen LogP contribution in [0.1, 0.15) is 12.8 Å². The number of allylic oxidation sites excluding steroid dienone is 1. The molecular weight excluding hydrogens is 100 g/mol. The molecule has 0 bridgehead atoms. The molecule has 0 radical (unpaired) electrons. The zero-order chi connectivity index (χ0) is 5.82. The lowest BCUT2D eigenvalue weighted by atomic mass is 10.2. The molecule has 0 unspecified atom stereocenters. The summed E-state index contributed by atoms with van der Waals surface area (Å²) in [5.74, 6) is 0. The van der Waals surface area contributed by atoms with Gasteiger partial charge in [0.25, 0.3) is 0 Å². The minimum Gasteiger partial charge on any atom is -0.405 e. The van der Waals surface area contributed by atoms with Crippen molar-refractivity contribution in [3.05, 3.63) is 12.3 Å². The summed E-state index contributed by atoms with van der Waals surface area (Å²) < 4.78 is 0. The molecular formula is C6H10N2. The predicted molar refractivity (Wildman–Crippen MR) is 34.9 cm³/mol. The molecule has 0 aromatic carbocycles. The molecule has 0 saturated carbocycles. The molecule has 2 heteroatoms. The summed E-state index contributed by atoms with van der Waals surface area (Å²) in [4.78, 5) is 4.18. The van der Waals surface area contributed by atoms with Gasteiger partial charge in [0.1, 0.15) is 0 Å². The van der Waals surface area contributed by atoms with Gasteiger partial charge in [0.05, 0.1) is 0 Å². The van der Waals surface area contributed by atoms with Gasteiger partial charge >= 0.3 is 0 Å². The Labute approximate surface area is 49.1 Å². The van der Waals surface area contributed by atoms with Crippen LogP contribution < -0.4 is 5.73 Å². The van der Waals surface area contributed by atoms with Crippen molar-refractivity contribution in [1.82, 2.24) is 0 Å². The van der Waals surface area contributed by atoms with Gasteiger partial charge in [0.2, 0.25) is 0 Å². The van der Waals surface area contributed by atoms with Gasteiger partial charge in [-0.2, -0.15) is 0 Å². The highest BCUT2D eigenvalue weighted by atomic mass is 14.8. The summed E-state index contributed by atoms with van der Waals surface area (Å²) in [7, 11) is 0. The van der Waals surface area contributed by atoms with E-state index in [1.54, 1.807) is 6.20 Å². The molecule has 1 aliphatic heterocycles. The van der Waals surface area contributed by atoms with Gasteiger partial charge in [-0.15, -0.1) is 0 Å². The Morgan fingerprint density at radius 2 is 2.50 bits per heavy atom. The van der Waals surface area contributed by atoms with E-state index in [1.165, 1.54) is 6.42 Å². The monoisotopic (exact) mass is 110 g/mol. The third kappa shape index (κ3) is 1.09. The molecule has 0 aromatic heterocycles. The first kappa shape index (κ1) is 5.35. The normalized spacial score (nSPS) is 19.8. The standard InChI is InChI=1S/C6H10N2/c7-4-3-6-2-1-5-8-6/h3-4H,1-2,5,7H2. The van der Waals surface area contributed by atoms with Crippen molar-refractivity contribution in [2.75, 3.05) is 6.54 Å². The van der Waals surface area contributed by atoms with Gasteiger partial charge in [-0.05, 0) is 25.1 Å². The van der Waals surface area contributed by atoms with Crippen LogP contribution in [0.2, 0.25) is 0 Å². The quantitative estimate of drug-likeness (QED) is 0.530. The number of hydrogen-bond acceptors (Lipinski definition) is 2. The maximum absolute atomic E-state index is 5.15. The molecule has 44 valence electrons. The summed E-state index contributed by atoms with van der Waals surface area (Å²) >= 11 is 0. The van der Waals surface area contributed by atoms with Crippen molar-refractivity contribution in [2.45, 2.75) is 12.8 Å². The van der Waals surface area contributed by atoms with Crippen LogP contribution in [-0.2, 0) is 0 Å². The molecule has 2 nitrogen and oxygen atoms in total. The fourth-order valence-corrected chi connectivity index (χ4v) is 0.809. The highest BCUT2D eigenvalue weighted by Crippen LogP contribution is 2.03. The van der Waals surface area contributed by atoms with E-state index in [9.17, 15) is 0 Å². The van der Waals surface area contributed by atoms with Crippen molar-refractivity contribution in [3.8, 4) is 0 Å². The summed E-state index contributed by atoms with van der Waals surface area (Å²) in [5, 5.41) is 0. The van der Waals surface area contributed by atoms with Crippen LogP contribution in [0.4, 0.5) is 0 Å². The van der Waals surface area contributed by atoms with Crippen LogP contribution >= 0.6 is 0 Å². The lowest BCUT2D eigenvalue weighted by molar-refractivity contribution is 0.951. The van der Waals surface area contributed by atoms with Crippen LogP contribution in [0, 0.1) is 0 Å². The van der Waals surface area contributed by atoms with Crippen LogP contribution in [-0.4, -0.2) is 12.3 Å². The number of hydrogen-bond donors (Lipinski definition) is 1. The van der Waals surface area contributed by atoms with Crippen molar-refractivity contribution in [1.29, 1.82) is 0 Å². The molecule has 0 aliphatic carbocycles. The van der Waals surface area contributed by atoms with Crippen LogP contribution in [0.25, 0.3) is 0 Å². The first-order valence-electron chi connectivity index (χ1n) is 2.85. The second-order valence-corrected chi connectivity index (χ2v) is 1.84. The second kappa shape index (κ2) is 2.50. The summed E-state index contributed by atoms with van der Waals surface area (Å²) in [6, 6.07) is 0. The fraction of sp³-hybridized carbons (Fsp3) is 0.500. The van der Waals surface area contributed by atoms with Gasteiger partial charge in [-0.1, -0.05) is 0 Å². The third-order valence-corrected chi connectivity index (χ3v) is 1.19. The Balaban J connectivity index is 2.45. The first-order valence-corrected chi connectivity index (χ1v) is 2.85. The summed E-state index contributed by atoms with van der Waals surface area (Å²) in [6.45, 7) is 0.986. The molecule has 1 heterocycles. The summed E-state index contributed by atoms with van der Waals surface area (Å²) in [5.41, 5.74) is 6.29. The van der Waals surface area contributed by atoms with E-state index < -0.39 is 0 Å². The predicted octanol–water partition coefficient (Wildman–Crippen LogP) is 0.694. The van der Waals surface area contributed by atoms with Crippen molar-refractivity contribution < 1.29 is 0 Å². The van der Waals surface area contributed by atoms with Gasteiger partial charge in [0.15, 0.2) is 0 Å². The minimum atomic E-state index is 0.986. The SMILES string of the molecule is NC=CC1=NCCC1.